The molecule has 0 bridgehead atoms. The third-order valence-corrected chi connectivity index (χ3v) is 4.83. The number of rotatable bonds is 3. The summed E-state index contributed by atoms with van der Waals surface area (Å²) in [5.41, 5.74) is -0.0853. The van der Waals surface area contributed by atoms with Gasteiger partial charge in [-0.05, 0) is 50.2 Å². The summed E-state index contributed by atoms with van der Waals surface area (Å²) in [7, 11) is 0. The molecule has 0 aromatic carbocycles. The Morgan fingerprint density at radius 1 is 1.43 bits per heavy atom. The minimum atomic E-state index is -0.0853. The molecule has 0 saturated carbocycles. The summed E-state index contributed by atoms with van der Waals surface area (Å²) in [6.07, 6.45) is 6.19. The van der Waals surface area contributed by atoms with Gasteiger partial charge < -0.3 is 19.2 Å². The average Bonchev–Trinajstić information content (AvgIpc) is 3.02. The number of piperidine rings is 1. The summed E-state index contributed by atoms with van der Waals surface area (Å²) in [5, 5.41) is 9.12. The topological polar surface area (TPSA) is 62.9 Å². The van der Waals surface area contributed by atoms with Crippen LogP contribution < -0.4 is 0 Å². The second kappa shape index (κ2) is 6.20. The van der Waals surface area contributed by atoms with Crippen LogP contribution in [0.2, 0.25) is 0 Å². The lowest BCUT2D eigenvalue weighted by Gasteiger charge is -2.46. The number of hydrogen-bond acceptors (Lipinski definition) is 4. The quantitative estimate of drug-likeness (QED) is 0.926. The SMILES string of the molecule is O=C(c1ccco1)N1CCC2(CC1)CC(CCO)CCO2. The highest BCUT2D eigenvalue weighted by Gasteiger charge is 2.41. The van der Waals surface area contributed by atoms with E-state index in [1.165, 1.54) is 6.26 Å². The van der Waals surface area contributed by atoms with E-state index in [0.29, 0.717) is 24.8 Å². The van der Waals surface area contributed by atoms with Crippen molar-refractivity contribution >= 4 is 5.91 Å². The number of nitrogens with zero attached hydrogens (tertiary/aromatic N) is 1. The molecule has 1 spiro atoms. The van der Waals surface area contributed by atoms with Crippen molar-refractivity contribution in [2.75, 3.05) is 26.3 Å². The van der Waals surface area contributed by atoms with Gasteiger partial charge >= 0.3 is 0 Å². The molecule has 0 radical (unpaired) electrons. The highest BCUT2D eigenvalue weighted by atomic mass is 16.5. The predicted octanol–water partition coefficient (Wildman–Crippen LogP) is 2.06. The van der Waals surface area contributed by atoms with Crippen LogP contribution in [-0.4, -0.2) is 47.8 Å². The molecular formula is C16H23NO4. The summed E-state index contributed by atoms with van der Waals surface area (Å²) in [6, 6.07) is 3.45. The van der Waals surface area contributed by atoms with E-state index in [4.69, 9.17) is 14.3 Å². The average molecular weight is 293 g/mol. The van der Waals surface area contributed by atoms with E-state index in [1.807, 2.05) is 4.90 Å². The molecule has 5 nitrogen and oxygen atoms in total. The van der Waals surface area contributed by atoms with Gasteiger partial charge in [0.25, 0.3) is 5.91 Å². The van der Waals surface area contributed by atoms with Crippen LogP contribution in [0.5, 0.6) is 0 Å². The van der Waals surface area contributed by atoms with E-state index in [2.05, 4.69) is 0 Å². The maximum Gasteiger partial charge on any atom is 0.289 e. The number of carbonyl (C=O) groups is 1. The summed E-state index contributed by atoms with van der Waals surface area (Å²) < 4.78 is 11.2. The molecule has 3 heterocycles. The summed E-state index contributed by atoms with van der Waals surface area (Å²) in [5.74, 6) is 0.933. The molecule has 1 aromatic heterocycles. The summed E-state index contributed by atoms with van der Waals surface area (Å²) in [6.45, 7) is 2.46. The molecule has 1 N–H and O–H groups in total. The molecule has 21 heavy (non-hydrogen) atoms. The number of furan rings is 1. The third kappa shape index (κ3) is 3.14. The Morgan fingerprint density at radius 3 is 2.90 bits per heavy atom. The first kappa shape index (κ1) is 14.6. The lowest BCUT2D eigenvalue weighted by molar-refractivity contribution is -0.125. The first-order chi connectivity index (χ1) is 10.2. The normalized spacial score (nSPS) is 25.2. The Morgan fingerprint density at radius 2 is 2.24 bits per heavy atom. The third-order valence-electron chi connectivity index (χ3n) is 4.83. The first-order valence-electron chi connectivity index (χ1n) is 7.80. The van der Waals surface area contributed by atoms with Gasteiger partial charge in [0.2, 0.25) is 0 Å². The van der Waals surface area contributed by atoms with Crippen molar-refractivity contribution in [3.05, 3.63) is 24.2 Å². The Kier molecular flexibility index (Phi) is 4.31. The number of amides is 1. The first-order valence-corrected chi connectivity index (χ1v) is 7.80. The molecule has 1 atom stereocenters. The molecule has 5 heteroatoms. The molecule has 1 aromatic rings. The van der Waals surface area contributed by atoms with Crippen LogP contribution in [0, 0.1) is 5.92 Å². The number of ether oxygens (including phenoxy) is 1. The zero-order chi connectivity index (χ0) is 14.7. The van der Waals surface area contributed by atoms with Gasteiger partial charge in [0.05, 0.1) is 11.9 Å². The van der Waals surface area contributed by atoms with Crippen molar-refractivity contribution in [1.29, 1.82) is 0 Å². The number of carbonyl (C=O) groups excluding carboxylic acids is 1. The maximum absolute atomic E-state index is 12.3. The van der Waals surface area contributed by atoms with E-state index >= 15 is 0 Å². The zero-order valence-electron chi connectivity index (χ0n) is 12.3. The van der Waals surface area contributed by atoms with E-state index in [9.17, 15) is 4.79 Å². The van der Waals surface area contributed by atoms with Crippen molar-refractivity contribution in [1.82, 2.24) is 4.90 Å². The van der Waals surface area contributed by atoms with Crippen LogP contribution >= 0.6 is 0 Å². The van der Waals surface area contributed by atoms with Crippen LogP contribution in [0.15, 0.2) is 22.8 Å². The molecular weight excluding hydrogens is 270 g/mol. The molecule has 1 amide bonds. The lowest BCUT2D eigenvalue weighted by Crippen LogP contribution is -2.50. The second-order valence-corrected chi connectivity index (χ2v) is 6.17. The Labute approximate surface area is 124 Å². The standard InChI is InChI=1S/C16H23NO4/c18-9-3-13-4-11-21-16(12-13)5-7-17(8-6-16)15(19)14-2-1-10-20-14/h1-2,10,13,18H,3-9,11-12H2. The largest absolute Gasteiger partial charge is 0.459 e. The fourth-order valence-corrected chi connectivity index (χ4v) is 3.58. The van der Waals surface area contributed by atoms with Gasteiger partial charge in [0.15, 0.2) is 5.76 Å². The van der Waals surface area contributed by atoms with Gasteiger partial charge in [-0.3, -0.25) is 4.79 Å². The molecule has 2 fully saturated rings. The van der Waals surface area contributed by atoms with Crippen molar-refractivity contribution in [3.63, 3.8) is 0 Å². The molecule has 3 rings (SSSR count). The van der Waals surface area contributed by atoms with E-state index in [0.717, 1.165) is 38.7 Å². The van der Waals surface area contributed by atoms with Crippen molar-refractivity contribution in [3.8, 4) is 0 Å². The van der Waals surface area contributed by atoms with Crippen LogP contribution in [0.1, 0.15) is 42.7 Å². The van der Waals surface area contributed by atoms with Gasteiger partial charge in [-0.15, -0.1) is 0 Å². The van der Waals surface area contributed by atoms with Gasteiger partial charge in [0.1, 0.15) is 0 Å². The molecule has 116 valence electrons. The molecule has 2 aliphatic heterocycles. The number of hydrogen-bond donors (Lipinski definition) is 1. The van der Waals surface area contributed by atoms with Crippen LogP contribution in [-0.2, 0) is 4.74 Å². The zero-order valence-corrected chi connectivity index (χ0v) is 12.3. The van der Waals surface area contributed by atoms with Crippen LogP contribution in [0.4, 0.5) is 0 Å². The number of aliphatic hydroxyl groups is 1. The minimum absolute atomic E-state index is 0.0300. The molecule has 1 unspecified atom stereocenters. The lowest BCUT2D eigenvalue weighted by atomic mass is 9.78. The minimum Gasteiger partial charge on any atom is -0.459 e. The molecule has 2 aliphatic rings. The summed E-state index contributed by atoms with van der Waals surface area (Å²) >= 11 is 0. The smallest absolute Gasteiger partial charge is 0.289 e. The van der Waals surface area contributed by atoms with Gasteiger partial charge in [-0.25, -0.2) is 0 Å². The van der Waals surface area contributed by atoms with E-state index < -0.39 is 0 Å². The Bertz CT molecular complexity index is 461. The number of likely N-dealkylation sites (tertiary alicyclic amines) is 1. The highest BCUT2D eigenvalue weighted by molar-refractivity contribution is 5.91. The van der Waals surface area contributed by atoms with Crippen LogP contribution in [0.3, 0.4) is 0 Å². The van der Waals surface area contributed by atoms with Crippen molar-refractivity contribution in [2.45, 2.75) is 37.7 Å². The second-order valence-electron chi connectivity index (χ2n) is 6.17. The van der Waals surface area contributed by atoms with Gasteiger partial charge in [0, 0.05) is 26.3 Å². The molecule has 2 saturated heterocycles. The highest BCUT2D eigenvalue weighted by Crippen LogP contribution is 2.38. The van der Waals surface area contributed by atoms with Gasteiger partial charge in [-0.1, -0.05) is 0 Å². The van der Waals surface area contributed by atoms with Gasteiger partial charge in [-0.2, -0.15) is 0 Å². The fraction of sp³-hybridized carbons (Fsp3) is 0.688. The monoisotopic (exact) mass is 293 g/mol. The summed E-state index contributed by atoms with van der Waals surface area (Å²) in [4.78, 5) is 14.1. The van der Waals surface area contributed by atoms with E-state index in [-0.39, 0.29) is 18.1 Å². The number of aliphatic hydroxyl groups excluding tert-OH is 1. The Hall–Kier alpha value is -1.33. The maximum atomic E-state index is 12.3. The Balaban J connectivity index is 1.58. The fourth-order valence-electron chi connectivity index (χ4n) is 3.58. The van der Waals surface area contributed by atoms with E-state index in [1.54, 1.807) is 12.1 Å². The van der Waals surface area contributed by atoms with Crippen molar-refractivity contribution in [2.24, 2.45) is 5.92 Å². The van der Waals surface area contributed by atoms with Crippen LogP contribution in [0.25, 0.3) is 0 Å². The van der Waals surface area contributed by atoms with Crippen molar-refractivity contribution < 1.29 is 19.1 Å². The predicted molar refractivity (Wildman–Crippen MR) is 77.0 cm³/mol. The molecule has 0 aliphatic carbocycles.